The normalized spacial score (nSPS) is 12.2. The second kappa shape index (κ2) is 6.53. The molecule has 0 saturated carbocycles. The zero-order valence-electron chi connectivity index (χ0n) is 12.6. The van der Waals surface area contributed by atoms with Crippen molar-refractivity contribution < 1.29 is 4.74 Å². The maximum atomic E-state index is 5.38. The van der Waals surface area contributed by atoms with Crippen LogP contribution in [0.3, 0.4) is 0 Å². The lowest BCUT2D eigenvalue weighted by atomic mass is 9.94. The van der Waals surface area contributed by atoms with Gasteiger partial charge in [-0.1, -0.05) is 6.07 Å². The number of ether oxygens (including phenoxy) is 1. The highest BCUT2D eigenvalue weighted by Gasteiger charge is 2.14. The molecule has 0 aliphatic rings. The molecule has 0 spiro atoms. The Kier molecular flexibility index (Phi) is 4.74. The average molecular weight is 270 g/mol. The predicted octanol–water partition coefficient (Wildman–Crippen LogP) is 3.21. The molecular weight excluding hydrogens is 248 g/mol. The van der Waals surface area contributed by atoms with Crippen molar-refractivity contribution in [3.8, 4) is 5.75 Å². The van der Waals surface area contributed by atoms with Crippen molar-refractivity contribution in [3.05, 3.63) is 58.9 Å². The predicted molar refractivity (Wildman–Crippen MR) is 82.2 cm³/mol. The van der Waals surface area contributed by atoms with Gasteiger partial charge in [0.15, 0.2) is 0 Å². The summed E-state index contributed by atoms with van der Waals surface area (Å²) in [4.78, 5) is 4.07. The molecule has 0 fully saturated rings. The van der Waals surface area contributed by atoms with Gasteiger partial charge in [-0.15, -0.1) is 0 Å². The van der Waals surface area contributed by atoms with Gasteiger partial charge >= 0.3 is 0 Å². The highest BCUT2D eigenvalue weighted by atomic mass is 16.5. The van der Waals surface area contributed by atoms with Crippen LogP contribution in [0.25, 0.3) is 0 Å². The SMILES string of the molecule is CNC(Cc1ccncc1)c1cc(C)c(OC)cc1C. The molecule has 2 aromatic rings. The van der Waals surface area contributed by atoms with Gasteiger partial charge in [0.1, 0.15) is 5.75 Å². The first-order chi connectivity index (χ1) is 9.65. The molecule has 3 heteroatoms. The number of nitrogens with one attached hydrogen (secondary N) is 1. The van der Waals surface area contributed by atoms with Crippen LogP contribution < -0.4 is 10.1 Å². The monoisotopic (exact) mass is 270 g/mol. The lowest BCUT2D eigenvalue weighted by molar-refractivity contribution is 0.410. The number of methoxy groups -OCH3 is 1. The van der Waals surface area contributed by atoms with Crippen LogP contribution in [0.2, 0.25) is 0 Å². The van der Waals surface area contributed by atoms with Gasteiger partial charge in [-0.3, -0.25) is 4.98 Å². The second-order valence-corrected chi connectivity index (χ2v) is 5.08. The lowest BCUT2D eigenvalue weighted by Crippen LogP contribution is -2.20. The van der Waals surface area contributed by atoms with E-state index in [0.29, 0.717) is 6.04 Å². The van der Waals surface area contributed by atoms with Crippen LogP contribution in [-0.2, 0) is 6.42 Å². The van der Waals surface area contributed by atoms with E-state index in [1.165, 1.54) is 22.3 Å². The van der Waals surface area contributed by atoms with Crippen LogP contribution in [0, 0.1) is 13.8 Å². The molecule has 0 radical (unpaired) electrons. The zero-order chi connectivity index (χ0) is 14.5. The van der Waals surface area contributed by atoms with Crippen molar-refractivity contribution in [1.82, 2.24) is 10.3 Å². The fourth-order valence-corrected chi connectivity index (χ4v) is 2.53. The van der Waals surface area contributed by atoms with E-state index in [4.69, 9.17) is 4.74 Å². The molecule has 0 aliphatic carbocycles. The van der Waals surface area contributed by atoms with Gasteiger partial charge < -0.3 is 10.1 Å². The summed E-state index contributed by atoms with van der Waals surface area (Å²) in [6, 6.07) is 8.76. The van der Waals surface area contributed by atoms with Crippen molar-refractivity contribution in [3.63, 3.8) is 0 Å². The Morgan fingerprint density at radius 2 is 1.85 bits per heavy atom. The van der Waals surface area contributed by atoms with Crippen LogP contribution in [0.5, 0.6) is 5.75 Å². The first-order valence-corrected chi connectivity index (χ1v) is 6.87. The van der Waals surface area contributed by atoms with Crippen LogP contribution in [0.4, 0.5) is 0 Å². The molecule has 20 heavy (non-hydrogen) atoms. The minimum atomic E-state index is 0.294. The maximum absolute atomic E-state index is 5.38. The summed E-state index contributed by atoms with van der Waals surface area (Å²) in [6.07, 6.45) is 4.63. The summed E-state index contributed by atoms with van der Waals surface area (Å²) in [7, 11) is 3.72. The zero-order valence-corrected chi connectivity index (χ0v) is 12.6. The van der Waals surface area contributed by atoms with Crippen LogP contribution in [0.15, 0.2) is 36.7 Å². The number of pyridine rings is 1. The van der Waals surface area contributed by atoms with Crippen LogP contribution in [-0.4, -0.2) is 19.1 Å². The molecule has 2 rings (SSSR count). The molecule has 1 heterocycles. The Morgan fingerprint density at radius 3 is 2.45 bits per heavy atom. The Hall–Kier alpha value is -1.87. The van der Waals surface area contributed by atoms with Gasteiger partial charge in [0.2, 0.25) is 0 Å². The number of hydrogen-bond acceptors (Lipinski definition) is 3. The van der Waals surface area contributed by atoms with Gasteiger partial charge in [-0.2, -0.15) is 0 Å². The molecular formula is C17H22N2O. The number of hydrogen-bond donors (Lipinski definition) is 1. The van der Waals surface area contributed by atoms with Gasteiger partial charge in [0, 0.05) is 18.4 Å². The molecule has 1 aromatic carbocycles. The molecule has 1 atom stereocenters. The second-order valence-electron chi connectivity index (χ2n) is 5.08. The minimum absolute atomic E-state index is 0.294. The number of nitrogens with zero attached hydrogens (tertiary/aromatic N) is 1. The van der Waals surface area contributed by atoms with Crippen molar-refractivity contribution in [2.45, 2.75) is 26.3 Å². The topological polar surface area (TPSA) is 34.2 Å². The smallest absolute Gasteiger partial charge is 0.122 e. The molecule has 0 saturated heterocycles. The molecule has 1 aromatic heterocycles. The number of aryl methyl sites for hydroxylation is 2. The van der Waals surface area contributed by atoms with Gasteiger partial charge in [-0.25, -0.2) is 0 Å². The van der Waals surface area contributed by atoms with Crippen molar-refractivity contribution >= 4 is 0 Å². The van der Waals surface area contributed by atoms with E-state index < -0.39 is 0 Å². The Bertz CT molecular complexity index is 567. The third-order valence-corrected chi connectivity index (χ3v) is 3.70. The third-order valence-electron chi connectivity index (χ3n) is 3.70. The van der Waals surface area contributed by atoms with E-state index in [2.05, 4.69) is 48.4 Å². The van der Waals surface area contributed by atoms with Gasteiger partial charge in [0.05, 0.1) is 7.11 Å². The Balaban J connectivity index is 2.30. The first kappa shape index (κ1) is 14.5. The molecule has 3 nitrogen and oxygen atoms in total. The van der Waals surface area contributed by atoms with Gasteiger partial charge in [-0.05, 0) is 67.8 Å². The number of aromatic nitrogens is 1. The van der Waals surface area contributed by atoms with Crippen molar-refractivity contribution in [2.75, 3.05) is 14.2 Å². The van der Waals surface area contributed by atoms with E-state index in [9.17, 15) is 0 Å². The molecule has 0 amide bonds. The van der Waals surface area contributed by atoms with Crippen molar-refractivity contribution in [1.29, 1.82) is 0 Å². The molecule has 1 unspecified atom stereocenters. The van der Waals surface area contributed by atoms with Gasteiger partial charge in [0.25, 0.3) is 0 Å². The summed E-state index contributed by atoms with van der Waals surface area (Å²) < 4.78 is 5.38. The average Bonchev–Trinajstić information content (AvgIpc) is 2.48. The summed E-state index contributed by atoms with van der Waals surface area (Å²) in [5.74, 6) is 0.949. The summed E-state index contributed by atoms with van der Waals surface area (Å²) in [5.41, 5.74) is 5.03. The summed E-state index contributed by atoms with van der Waals surface area (Å²) >= 11 is 0. The largest absolute Gasteiger partial charge is 0.496 e. The summed E-state index contributed by atoms with van der Waals surface area (Å²) in [5, 5.41) is 3.41. The van der Waals surface area contributed by atoms with E-state index in [-0.39, 0.29) is 0 Å². The molecule has 106 valence electrons. The minimum Gasteiger partial charge on any atom is -0.496 e. The lowest BCUT2D eigenvalue weighted by Gasteiger charge is -2.21. The number of rotatable bonds is 5. The Labute approximate surface area is 121 Å². The quantitative estimate of drug-likeness (QED) is 0.906. The highest BCUT2D eigenvalue weighted by Crippen LogP contribution is 2.28. The molecule has 0 bridgehead atoms. The summed E-state index contributed by atoms with van der Waals surface area (Å²) in [6.45, 7) is 4.22. The number of benzene rings is 1. The molecule has 1 N–H and O–H groups in total. The van der Waals surface area contributed by atoms with E-state index in [0.717, 1.165) is 12.2 Å². The maximum Gasteiger partial charge on any atom is 0.122 e. The van der Waals surface area contributed by atoms with Crippen molar-refractivity contribution in [2.24, 2.45) is 0 Å². The highest BCUT2D eigenvalue weighted by molar-refractivity contribution is 5.43. The molecule has 0 aliphatic heterocycles. The first-order valence-electron chi connectivity index (χ1n) is 6.87. The fraction of sp³-hybridized carbons (Fsp3) is 0.353. The van der Waals surface area contributed by atoms with E-state index in [1.807, 2.05) is 19.4 Å². The van der Waals surface area contributed by atoms with E-state index in [1.54, 1.807) is 7.11 Å². The third kappa shape index (κ3) is 3.17. The van der Waals surface area contributed by atoms with E-state index >= 15 is 0 Å². The Morgan fingerprint density at radius 1 is 1.15 bits per heavy atom. The van der Waals surface area contributed by atoms with Crippen LogP contribution >= 0.6 is 0 Å². The number of likely N-dealkylation sites (N-methyl/N-ethyl adjacent to an activating group) is 1. The standard InChI is InChI=1S/C17H22N2O/c1-12-10-17(20-4)13(2)9-15(12)16(18-3)11-14-5-7-19-8-6-14/h5-10,16,18H,11H2,1-4H3. The van der Waals surface area contributed by atoms with Crippen LogP contribution in [0.1, 0.15) is 28.3 Å². The fourth-order valence-electron chi connectivity index (χ4n) is 2.53.